The highest BCUT2D eigenvalue weighted by molar-refractivity contribution is 5.86. The normalized spacial score (nSPS) is 10.7. The summed E-state index contributed by atoms with van der Waals surface area (Å²) in [6, 6.07) is 0. The van der Waals surface area contributed by atoms with Crippen LogP contribution in [0.5, 0.6) is 0 Å². The van der Waals surface area contributed by atoms with Crippen molar-refractivity contribution in [2.75, 3.05) is 0 Å². The first kappa shape index (κ1) is 13.7. The molecule has 0 saturated heterocycles. The SMILES string of the molecule is CCCCCCCn1nnc(C(=O)O)c1CC. The van der Waals surface area contributed by atoms with Crippen molar-refractivity contribution in [3.8, 4) is 0 Å². The van der Waals surface area contributed by atoms with Crippen LogP contribution in [0.25, 0.3) is 0 Å². The number of rotatable bonds is 8. The average molecular weight is 239 g/mol. The van der Waals surface area contributed by atoms with Crippen LogP contribution >= 0.6 is 0 Å². The van der Waals surface area contributed by atoms with Gasteiger partial charge in [0.25, 0.3) is 0 Å². The first-order valence-corrected chi connectivity index (χ1v) is 6.36. The zero-order chi connectivity index (χ0) is 12.7. The van der Waals surface area contributed by atoms with Gasteiger partial charge >= 0.3 is 5.97 Å². The van der Waals surface area contributed by atoms with Crippen LogP contribution in [0.3, 0.4) is 0 Å². The molecule has 1 heterocycles. The van der Waals surface area contributed by atoms with Gasteiger partial charge in [-0.15, -0.1) is 5.10 Å². The second-order valence-corrected chi connectivity index (χ2v) is 4.18. The summed E-state index contributed by atoms with van der Waals surface area (Å²) in [6.45, 7) is 4.89. The molecule has 1 N–H and O–H groups in total. The molecule has 0 radical (unpaired) electrons. The summed E-state index contributed by atoms with van der Waals surface area (Å²) in [4.78, 5) is 10.9. The Hall–Kier alpha value is -1.39. The minimum absolute atomic E-state index is 0.0982. The van der Waals surface area contributed by atoms with E-state index in [1.165, 1.54) is 25.7 Å². The maximum atomic E-state index is 10.9. The standard InChI is InChI=1S/C12H21N3O2/c1-3-5-6-7-8-9-15-10(4-2)11(12(16)17)13-14-15/h3-9H2,1-2H3,(H,16,17). The van der Waals surface area contributed by atoms with Crippen LogP contribution in [0.4, 0.5) is 0 Å². The Balaban J connectivity index is 2.50. The molecular weight excluding hydrogens is 218 g/mol. The third kappa shape index (κ3) is 3.84. The fourth-order valence-electron chi connectivity index (χ4n) is 1.89. The third-order valence-electron chi connectivity index (χ3n) is 2.85. The van der Waals surface area contributed by atoms with E-state index in [0.29, 0.717) is 6.42 Å². The maximum Gasteiger partial charge on any atom is 0.358 e. The first-order chi connectivity index (χ1) is 8.20. The van der Waals surface area contributed by atoms with Crippen molar-refractivity contribution < 1.29 is 9.90 Å². The van der Waals surface area contributed by atoms with Crippen molar-refractivity contribution in [1.82, 2.24) is 15.0 Å². The summed E-state index contributed by atoms with van der Waals surface area (Å²) in [6.07, 6.45) is 6.59. The lowest BCUT2D eigenvalue weighted by molar-refractivity contribution is 0.0689. The first-order valence-electron chi connectivity index (χ1n) is 6.36. The lowest BCUT2D eigenvalue weighted by atomic mass is 10.1. The van der Waals surface area contributed by atoms with Gasteiger partial charge in [-0.3, -0.25) is 0 Å². The fraction of sp³-hybridized carbons (Fsp3) is 0.750. The van der Waals surface area contributed by atoms with Crippen molar-refractivity contribution in [3.05, 3.63) is 11.4 Å². The molecule has 96 valence electrons. The van der Waals surface area contributed by atoms with Gasteiger partial charge in [-0.1, -0.05) is 44.7 Å². The Labute approximate surface area is 102 Å². The number of nitrogens with zero attached hydrogens (tertiary/aromatic N) is 3. The number of aryl methyl sites for hydroxylation is 1. The second-order valence-electron chi connectivity index (χ2n) is 4.18. The van der Waals surface area contributed by atoms with E-state index in [1.54, 1.807) is 4.68 Å². The molecule has 0 aliphatic carbocycles. The van der Waals surface area contributed by atoms with E-state index in [9.17, 15) is 4.79 Å². The van der Waals surface area contributed by atoms with Crippen LogP contribution in [0.1, 0.15) is 62.1 Å². The molecule has 0 aliphatic rings. The number of aromatic nitrogens is 3. The van der Waals surface area contributed by atoms with Gasteiger partial charge in [0.2, 0.25) is 0 Å². The van der Waals surface area contributed by atoms with Crippen molar-refractivity contribution in [2.24, 2.45) is 0 Å². The molecule has 0 spiro atoms. The molecule has 1 aromatic rings. The quantitative estimate of drug-likeness (QED) is 0.708. The highest BCUT2D eigenvalue weighted by atomic mass is 16.4. The smallest absolute Gasteiger partial charge is 0.358 e. The van der Waals surface area contributed by atoms with E-state index in [4.69, 9.17) is 5.11 Å². The number of carboxylic acid groups (broad SMARTS) is 1. The van der Waals surface area contributed by atoms with Gasteiger partial charge in [0.1, 0.15) is 0 Å². The average Bonchev–Trinajstić information content (AvgIpc) is 2.71. The fourth-order valence-corrected chi connectivity index (χ4v) is 1.89. The van der Waals surface area contributed by atoms with Gasteiger partial charge in [-0.05, 0) is 12.8 Å². The molecule has 5 heteroatoms. The maximum absolute atomic E-state index is 10.9. The summed E-state index contributed by atoms with van der Waals surface area (Å²) in [5.74, 6) is -0.987. The highest BCUT2D eigenvalue weighted by Crippen LogP contribution is 2.09. The van der Waals surface area contributed by atoms with Gasteiger partial charge in [-0.25, -0.2) is 9.48 Å². The summed E-state index contributed by atoms with van der Waals surface area (Å²) in [7, 11) is 0. The number of carboxylic acids is 1. The highest BCUT2D eigenvalue weighted by Gasteiger charge is 2.16. The van der Waals surface area contributed by atoms with Crippen molar-refractivity contribution >= 4 is 5.97 Å². The number of carbonyl (C=O) groups is 1. The monoisotopic (exact) mass is 239 g/mol. The van der Waals surface area contributed by atoms with Gasteiger partial charge < -0.3 is 5.11 Å². The molecule has 17 heavy (non-hydrogen) atoms. The summed E-state index contributed by atoms with van der Waals surface area (Å²) < 4.78 is 1.73. The Morgan fingerprint density at radius 2 is 1.94 bits per heavy atom. The number of unbranched alkanes of at least 4 members (excludes halogenated alkanes) is 4. The molecule has 0 aliphatic heterocycles. The molecule has 5 nitrogen and oxygen atoms in total. The van der Waals surface area contributed by atoms with Gasteiger partial charge in [0.15, 0.2) is 5.69 Å². The number of hydrogen-bond acceptors (Lipinski definition) is 3. The minimum Gasteiger partial charge on any atom is -0.476 e. The Bertz CT molecular complexity index is 361. The molecule has 0 atom stereocenters. The van der Waals surface area contributed by atoms with Crippen LogP contribution in [0.15, 0.2) is 0 Å². The predicted molar refractivity (Wildman–Crippen MR) is 65.1 cm³/mol. The second kappa shape index (κ2) is 7.04. The number of aromatic carboxylic acids is 1. The van der Waals surface area contributed by atoms with Crippen molar-refractivity contribution in [3.63, 3.8) is 0 Å². The van der Waals surface area contributed by atoms with Crippen molar-refractivity contribution in [1.29, 1.82) is 0 Å². The van der Waals surface area contributed by atoms with Gasteiger partial charge in [0.05, 0.1) is 5.69 Å². The van der Waals surface area contributed by atoms with E-state index in [1.807, 2.05) is 6.92 Å². The van der Waals surface area contributed by atoms with Gasteiger partial charge in [-0.2, -0.15) is 0 Å². The molecule has 1 rings (SSSR count). The Morgan fingerprint density at radius 1 is 1.24 bits per heavy atom. The van der Waals surface area contributed by atoms with Crippen LogP contribution < -0.4 is 0 Å². The summed E-state index contributed by atoms with van der Waals surface area (Å²) in [5, 5.41) is 16.6. The van der Waals surface area contributed by atoms with E-state index in [2.05, 4.69) is 17.2 Å². The summed E-state index contributed by atoms with van der Waals surface area (Å²) in [5.41, 5.74) is 0.828. The van der Waals surface area contributed by atoms with E-state index < -0.39 is 5.97 Å². The third-order valence-corrected chi connectivity index (χ3v) is 2.85. The van der Waals surface area contributed by atoms with E-state index in [-0.39, 0.29) is 5.69 Å². The van der Waals surface area contributed by atoms with Crippen LogP contribution in [0, 0.1) is 0 Å². The molecule has 0 amide bonds. The predicted octanol–water partition coefficient (Wildman–Crippen LogP) is 2.51. The lowest BCUT2D eigenvalue weighted by Gasteiger charge is -2.04. The molecule has 0 bridgehead atoms. The topological polar surface area (TPSA) is 68.0 Å². The van der Waals surface area contributed by atoms with Crippen molar-refractivity contribution in [2.45, 2.75) is 58.9 Å². The van der Waals surface area contributed by atoms with E-state index >= 15 is 0 Å². The molecule has 0 unspecified atom stereocenters. The lowest BCUT2D eigenvalue weighted by Crippen LogP contribution is -2.07. The minimum atomic E-state index is -0.987. The van der Waals surface area contributed by atoms with Crippen LogP contribution in [0.2, 0.25) is 0 Å². The Kier molecular flexibility index (Phi) is 5.66. The molecule has 1 aromatic heterocycles. The van der Waals surface area contributed by atoms with Crippen LogP contribution in [-0.4, -0.2) is 26.1 Å². The van der Waals surface area contributed by atoms with Gasteiger partial charge in [0, 0.05) is 6.54 Å². The summed E-state index contributed by atoms with van der Waals surface area (Å²) >= 11 is 0. The largest absolute Gasteiger partial charge is 0.476 e. The number of hydrogen-bond donors (Lipinski definition) is 1. The molecule has 0 aromatic carbocycles. The molecule has 0 fully saturated rings. The zero-order valence-electron chi connectivity index (χ0n) is 10.6. The molecule has 0 saturated carbocycles. The Morgan fingerprint density at radius 3 is 2.53 bits per heavy atom. The van der Waals surface area contributed by atoms with E-state index in [0.717, 1.165) is 18.7 Å². The zero-order valence-corrected chi connectivity index (χ0v) is 10.6. The molecular formula is C12H21N3O2. The van der Waals surface area contributed by atoms with Crippen LogP contribution in [-0.2, 0) is 13.0 Å².